The number of fused-ring (bicyclic) bond motifs is 10. The quantitative estimate of drug-likeness (QED) is 0.153. The Balaban J connectivity index is 1.12. The molecular weight excluding hydrogens is 797 g/mol. The highest BCUT2D eigenvalue weighted by atomic mass is 15.0. The van der Waals surface area contributed by atoms with E-state index >= 15 is 0 Å². The summed E-state index contributed by atoms with van der Waals surface area (Å²) in [6, 6.07) is 89.9. The van der Waals surface area contributed by atoms with Crippen molar-refractivity contribution in [1.29, 1.82) is 0 Å². The molecule has 0 amide bonds. The van der Waals surface area contributed by atoms with Crippen LogP contribution >= 0.6 is 0 Å². The van der Waals surface area contributed by atoms with Crippen molar-refractivity contribution in [3.05, 3.63) is 243 Å². The lowest BCUT2D eigenvalue weighted by molar-refractivity contribution is 1.18. The van der Waals surface area contributed by atoms with Crippen LogP contribution in [0.25, 0.3) is 131 Å². The first kappa shape index (κ1) is 36.7. The van der Waals surface area contributed by atoms with Crippen LogP contribution < -0.4 is 0 Å². The molecule has 0 spiro atoms. The molecule has 0 aliphatic carbocycles. The van der Waals surface area contributed by atoms with Gasteiger partial charge in [-0.05, 0) is 137 Å². The lowest BCUT2D eigenvalue weighted by Gasteiger charge is -2.21. The summed E-state index contributed by atoms with van der Waals surface area (Å²) in [5.41, 5.74) is 14.4. The van der Waals surface area contributed by atoms with Crippen LogP contribution in [0.2, 0.25) is 0 Å². The summed E-state index contributed by atoms with van der Waals surface area (Å²) in [5.74, 6) is 0. The number of hydrogen-bond donors (Lipinski definition) is 0. The predicted octanol–water partition coefficient (Wildman–Crippen LogP) is 17.5. The Hall–Kier alpha value is -8.72. The number of benzene rings is 12. The van der Waals surface area contributed by atoms with Gasteiger partial charge in [0.25, 0.3) is 0 Å². The molecule has 0 unspecified atom stereocenters. The van der Waals surface area contributed by atoms with E-state index in [0.29, 0.717) is 0 Å². The minimum Gasteiger partial charge on any atom is -0.309 e. The number of aromatic nitrogens is 2. The SMILES string of the molecule is c1ccc(-c2ccc3cc(-c4c5cc(-n6c7ccccc7c7ccccc76)ccc5c(-c5cccc6ccccc56)c5cc(-n6c7ccccc7c7ccccc76)ccc45)ccc3c2)cc1. The third-order valence-electron chi connectivity index (χ3n) is 14.1. The van der Waals surface area contributed by atoms with Gasteiger partial charge in [-0.2, -0.15) is 0 Å². The molecule has 0 aliphatic heterocycles. The molecule has 66 heavy (non-hydrogen) atoms. The van der Waals surface area contributed by atoms with Crippen LogP contribution in [0.15, 0.2) is 243 Å². The summed E-state index contributed by atoms with van der Waals surface area (Å²) in [5, 5.41) is 14.8. The Morgan fingerprint density at radius 2 is 0.652 bits per heavy atom. The summed E-state index contributed by atoms with van der Waals surface area (Å²) in [6.45, 7) is 0. The summed E-state index contributed by atoms with van der Waals surface area (Å²) in [7, 11) is 0. The number of para-hydroxylation sites is 4. The van der Waals surface area contributed by atoms with E-state index < -0.39 is 0 Å². The van der Waals surface area contributed by atoms with Gasteiger partial charge in [0.15, 0.2) is 0 Å². The summed E-state index contributed by atoms with van der Waals surface area (Å²) >= 11 is 0. The molecule has 0 N–H and O–H groups in total. The van der Waals surface area contributed by atoms with Gasteiger partial charge in [-0.15, -0.1) is 0 Å². The first-order chi connectivity index (χ1) is 32.7. The summed E-state index contributed by atoms with van der Waals surface area (Å²) < 4.78 is 4.90. The fourth-order valence-electron chi connectivity index (χ4n) is 11.1. The molecule has 0 atom stereocenters. The van der Waals surface area contributed by atoms with Crippen molar-refractivity contribution < 1.29 is 0 Å². The third-order valence-corrected chi connectivity index (χ3v) is 14.1. The van der Waals surface area contributed by atoms with Crippen molar-refractivity contribution in [1.82, 2.24) is 9.13 Å². The Kier molecular flexibility index (Phi) is 8.02. The molecule has 0 bridgehead atoms. The van der Waals surface area contributed by atoms with Crippen LogP contribution in [0.3, 0.4) is 0 Å². The molecule has 12 aromatic carbocycles. The van der Waals surface area contributed by atoms with Crippen molar-refractivity contribution >= 4 is 86.7 Å². The minimum absolute atomic E-state index is 1.14. The van der Waals surface area contributed by atoms with Crippen LogP contribution in [0.4, 0.5) is 0 Å². The second-order valence-corrected chi connectivity index (χ2v) is 17.6. The number of nitrogens with zero attached hydrogens (tertiary/aromatic N) is 2. The van der Waals surface area contributed by atoms with Crippen LogP contribution in [0.5, 0.6) is 0 Å². The molecule has 14 rings (SSSR count). The molecule has 0 fully saturated rings. The predicted molar refractivity (Wildman–Crippen MR) is 281 cm³/mol. The first-order valence-corrected chi connectivity index (χ1v) is 22.8. The smallest absolute Gasteiger partial charge is 0.0541 e. The van der Waals surface area contributed by atoms with E-state index in [0.717, 1.165) is 11.4 Å². The molecule has 2 heterocycles. The maximum absolute atomic E-state index is 2.46. The van der Waals surface area contributed by atoms with Crippen LogP contribution in [-0.4, -0.2) is 9.13 Å². The molecule has 0 saturated heterocycles. The highest BCUT2D eigenvalue weighted by molar-refractivity contribution is 6.25. The van der Waals surface area contributed by atoms with Crippen LogP contribution in [-0.2, 0) is 0 Å². The van der Waals surface area contributed by atoms with Crippen LogP contribution in [0.1, 0.15) is 0 Å². The topological polar surface area (TPSA) is 9.86 Å². The van der Waals surface area contributed by atoms with E-state index in [2.05, 4.69) is 252 Å². The second kappa shape index (κ2) is 14.4. The highest BCUT2D eigenvalue weighted by Crippen LogP contribution is 2.48. The Morgan fingerprint density at radius 3 is 1.23 bits per heavy atom. The van der Waals surface area contributed by atoms with Gasteiger partial charge in [0, 0.05) is 32.9 Å². The van der Waals surface area contributed by atoms with Gasteiger partial charge in [-0.3, -0.25) is 0 Å². The van der Waals surface area contributed by atoms with E-state index in [-0.39, 0.29) is 0 Å². The van der Waals surface area contributed by atoms with Gasteiger partial charge < -0.3 is 9.13 Å². The highest BCUT2D eigenvalue weighted by Gasteiger charge is 2.22. The van der Waals surface area contributed by atoms with Gasteiger partial charge >= 0.3 is 0 Å². The normalized spacial score (nSPS) is 11.9. The van der Waals surface area contributed by atoms with Crippen LogP contribution in [0, 0.1) is 0 Å². The van der Waals surface area contributed by atoms with E-state index in [1.807, 2.05) is 0 Å². The molecule has 306 valence electrons. The molecule has 2 nitrogen and oxygen atoms in total. The fourth-order valence-corrected chi connectivity index (χ4v) is 11.1. The zero-order valence-corrected chi connectivity index (χ0v) is 36.0. The van der Waals surface area contributed by atoms with Crippen molar-refractivity contribution in [2.75, 3.05) is 0 Å². The monoisotopic (exact) mass is 836 g/mol. The summed E-state index contributed by atoms with van der Waals surface area (Å²) in [6.07, 6.45) is 0. The van der Waals surface area contributed by atoms with E-state index in [1.54, 1.807) is 0 Å². The van der Waals surface area contributed by atoms with E-state index in [4.69, 9.17) is 0 Å². The van der Waals surface area contributed by atoms with E-state index in [9.17, 15) is 0 Å². The van der Waals surface area contributed by atoms with Crippen molar-refractivity contribution in [3.8, 4) is 44.8 Å². The zero-order chi connectivity index (χ0) is 43.3. The Labute approximate surface area is 381 Å². The minimum atomic E-state index is 1.14. The molecular formula is C64H40N2. The summed E-state index contributed by atoms with van der Waals surface area (Å²) in [4.78, 5) is 0. The molecule has 2 heteroatoms. The maximum Gasteiger partial charge on any atom is 0.0541 e. The zero-order valence-electron chi connectivity index (χ0n) is 36.0. The fraction of sp³-hybridized carbons (Fsp3) is 0. The third kappa shape index (κ3) is 5.49. The van der Waals surface area contributed by atoms with Gasteiger partial charge in [0.1, 0.15) is 0 Å². The number of rotatable bonds is 5. The van der Waals surface area contributed by atoms with Gasteiger partial charge in [0.05, 0.1) is 22.1 Å². The van der Waals surface area contributed by atoms with Crippen molar-refractivity contribution in [2.45, 2.75) is 0 Å². The van der Waals surface area contributed by atoms with Crippen molar-refractivity contribution in [3.63, 3.8) is 0 Å². The van der Waals surface area contributed by atoms with Gasteiger partial charge in [-0.1, -0.05) is 182 Å². The average Bonchev–Trinajstić information content (AvgIpc) is 3.91. The molecule has 14 aromatic rings. The van der Waals surface area contributed by atoms with E-state index in [1.165, 1.54) is 120 Å². The average molecular weight is 837 g/mol. The largest absolute Gasteiger partial charge is 0.309 e. The maximum atomic E-state index is 2.46. The molecule has 2 aromatic heterocycles. The first-order valence-electron chi connectivity index (χ1n) is 22.8. The van der Waals surface area contributed by atoms with Gasteiger partial charge in [0.2, 0.25) is 0 Å². The molecule has 0 saturated carbocycles. The molecule has 0 radical (unpaired) electrons. The molecule has 0 aliphatic rings. The lowest BCUT2D eigenvalue weighted by Crippen LogP contribution is -1.98. The Morgan fingerprint density at radius 1 is 0.212 bits per heavy atom. The standard InChI is InChI=1S/C64H40N2/c1-2-15-41(16-3-1)43-29-30-45-38-46(32-31-44(45)37-43)63-55-35-33-48(66-61-27-12-8-22-52(61)53-23-9-13-28-62(53)66)40-58(55)64(54-24-14-18-42-17-4-5-19-49(42)54)56-36-34-47(39-57(56)63)65-59-25-10-6-20-50(59)51-21-7-11-26-60(51)65/h1-40H. The number of hydrogen-bond acceptors (Lipinski definition) is 0. The Bertz CT molecular complexity index is 4170. The lowest BCUT2D eigenvalue weighted by atomic mass is 9.84. The van der Waals surface area contributed by atoms with Crippen molar-refractivity contribution in [2.24, 2.45) is 0 Å². The van der Waals surface area contributed by atoms with Gasteiger partial charge in [-0.25, -0.2) is 0 Å². The second-order valence-electron chi connectivity index (χ2n) is 17.6.